The molecule has 0 aromatic heterocycles. The van der Waals surface area contributed by atoms with Crippen LogP contribution in [0.3, 0.4) is 0 Å². The fourth-order valence-corrected chi connectivity index (χ4v) is 14.5. The molecule has 7 N–H and O–H groups in total. The van der Waals surface area contributed by atoms with Crippen LogP contribution in [0.2, 0.25) is 0 Å². The molecule has 8 rings (SSSR count). The number of carbonyl (C=O) groups is 1. The Hall–Kier alpha value is -1.27. The lowest BCUT2D eigenvalue weighted by molar-refractivity contribution is -0.367. The zero-order valence-corrected chi connectivity index (χ0v) is 35.6. The maximum atomic E-state index is 12.2. The van der Waals surface area contributed by atoms with Crippen LogP contribution in [0, 0.1) is 50.2 Å². The summed E-state index contributed by atoms with van der Waals surface area (Å²) in [7, 11) is 0. The van der Waals surface area contributed by atoms with Crippen molar-refractivity contribution in [2.24, 2.45) is 50.2 Å². The molecule has 0 unspecified atom stereocenters. The fraction of sp³-hybridized carbons (Fsp3) is 0.932. The number of fused-ring (bicyclic) bond motifs is 4. The average Bonchev–Trinajstić information content (AvgIpc) is 3.44. The topological polar surface area (TPSA) is 214 Å². The van der Waals surface area contributed by atoms with E-state index in [1.54, 1.807) is 6.92 Å². The van der Waals surface area contributed by atoms with Gasteiger partial charge in [0.05, 0.1) is 37.1 Å². The largest absolute Gasteiger partial charge is 0.463 e. The average molecular weight is 823 g/mol. The van der Waals surface area contributed by atoms with Gasteiger partial charge < -0.3 is 64.2 Å². The van der Waals surface area contributed by atoms with Crippen molar-refractivity contribution in [3.63, 3.8) is 0 Å². The van der Waals surface area contributed by atoms with Crippen molar-refractivity contribution in [3.05, 3.63) is 12.2 Å². The van der Waals surface area contributed by atoms with Gasteiger partial charge in [-0.3, -0.25) is 4.79 Å². The Bertz CT molecular complexity index is 1610. The van der Waals surface area contributed by atoms with E-state index in [-0.39, 0.29) is 51.4 Å². The Labute approximate surface area is 342 Å². The molecule has 8 aliphatic rings. The molecule has 0 amide bonds. The van der Waals surface area contributed by atoms with Gasteiger partial charge in [0.2, 0.25) is 0 Å². The maximum absolute atomic E-state index is 12.2. The van der Waals surface area contributed by atoms with E-state index in [9.17, 15) is 40.5 Å². The first-order valence-electron chi connectivity index (χ1n) is 21.8. The first-order chi connectivity index (χ1) is 27.0. The molecule has 58 heavy (non-hydrogen) atoms. The van der Waals surface area contributed by atoms with Crippen LogP contribution in [-0.2, 0) is 33.2 Å². The molecule has 5 aliphatic carbocycles. The molecule has 0 aromatic carbocycles. The molecule has 0 aromatic rings. The lowest BCUT2D eigenvalue weighted by Gasteiger charge is -2.73. The molecule has 14 nitrogen and oxygen atoms in total. The highest BCUT2D eigenvalue weighted by atomic mass is 16.7. The van der Waals surface area contributed by atoms with Gasteiger partial charge >= 0.3 is 5.97 Å². The lowest BCUT2D eigenvalue weighted by atomic mass is 9.32. The number of aliphatic hydroxyl groups is 7. The number of aliphatic hydroxyl groups excluding tert-OH is 7. The predicted octanol–water partition coefficient (Wildman–Crippen LogP) is 2.35. The number of rotatable bonds is 7. The van der Waals surface area contributed by atoms with E-state index in [4.69, 9.17) is 28.4 Å². The molecule has 3 aliphatic heterocycles. The summed E-state index contributed by atoms with van der Waals surface area (Å²) in [4.78, 5) is 11.4. The van der Waals surface area contributed by atoms with E-state index in [2.05, 4.69) is 53.7 Å². The van der Waals surface area contributed by atoms with E-state index in [1.165, 1.54) is 6.92 Å². The van der Waals surface area contributed by atoms with Gasteiger partial charge in [0.1, 0.15) is 49.3 Å². The van der Waals surface area contributed by atoms with E-state index in [0.29, 0.717) is 19.4 Å². The number of allylic oxidation sites excluding steroid dienone is 1. The van der Waals surface area contributed by atoms with Crippen molar-refractivity contribution < 1.29 is 69.0 Å². The monoisotopic (exact) mass is 822 g/mol. The molecule has 330 valence electrons. The quantitative estimate of drug-likeness (QED) is 0.112. The highest BCUT2D eigenvalue weighted by Gasteiger charge is 2.79. The Morgan fingerprint density at radius 1 is 0.793 bits per heavy atom. The second-order valence-electron chi connectivity index (χ2n) is 21.6. The third kappa shape index (κ3) is 5.97. The second kappa shape index (κ2) is 14.4. The van der Waals surface area contributed by atoms with Gasteiger partial charge in [-0.25, -0.2) is 0 Å². The van der Waals surface area contributed by atoms with E-state index >= 15 is 0 Å². The summed E-state index contributed by atoms with van der Waals surface area (Å²) in [6.45, 7) is 16.8. The number of ether oxygens (including phenoxy) is 6. The molecule has 7 fully saturated rings. The molecule has 3 saturated heterocycles. The number of hydrogen-bond acceptors (Lipinski definition) is 14. The summed E-state index contributed by atoms with van der Waals surface area (Å²) in [6, 6.07) is 0. The van der Waals surface area contributed by atoms with Crippen molar-refractivity contribution >= 4 is 5.97 Å². The lowest BCUT2D eigenvalue weighted by Crippen LogP contribution is -2.72. The molecular weight excluding hydrogens is 752 g/mol. The van der Waals surface area contributed by atoms with Gasteiger partial charge in [0.25, 0.3) is 0 Å². The Morgan fingerprint density at radius 2 is 1.50 bits per heavy atom. The van der Waals surface area contributed by atoms with Gasteiger partial charge in [0.15, 0.2) is 12.6 Å². The minimum absolute atomic E-state index is 0.0264. The number of carbonyl (C=O) groups excluding carboxylic acids is 1. The third-order valence-corrected chi connectivity index (χ3v) is 18.2. The van der Waals surface area contributed by atoms with E-state index < -0.39 is 97.2 Å². The fourth-order valence-electron chi connectivity index (χ4n) is 14.5. The van der Waals surface area contributed by atoms with Crippen LogP contribution in [0.4, 0.5) is 0 Å². The van der Waals surface area contributed by atoms with Crippen LogP contribution in [0.1, 0.15) is 107 Å². The van der Waals surface area contributed by atoms with E-state index in [0.717, 1.165) is 38.5 Å². The first-order valence-corrected chi connectivity index (χ1v) is 21.8. The highest BCUT2D eigenvalue weighted by Crippen LogP contribution is 2.79. The molecule has 14 heteroatoms. The standard InChI is InChI=1S/C44H70O14/c1-22-30(48)35(58-36-33(51)32(50)31(49)24(56-36)19-53-23(2)46)34(52)37(55-22)57-29-11-12-39(5)25(40(29,6)20-45)9-13-41(7)26(39)10-14-44-27-17-38(3,4)15-16-43(27,21-54-44)28(47)18-42(41,44)8/h10,14,22,24-37,45,47-52H,9,11-13,15-21H2,1-8H3/t22-,24-,25-,26-,27-,28+,29+,30+,31-,32+,33-,34-,35+,36+,37+,39+,40+,41-,42+,43-,44+/m1/s1. The van der Waals surface area contributed by atoms with Gasteiger partial charge in [-0.2, -0.15) is 0 Å². The van der Waals surface area contributed by atoms with Crippen molar-refractivity contribution in [2.45, 2.75) is 186 Å². The van der Waals surface area contributed by atoms with Crippen molar-refractivity contribution in [2.75, 3.05) is 19.8 Å². The second-order valence-corrected chi connectivity index (χ2v) is 21.6. The van der Waals surface area contributed by atoms with Crippen LogP contribution in [0.5, 0.6) is 0 Å². The Morgan fingerprint density at radius 3 is 2.19 bits per heavy atom. The molecule has 0 radical (unpaired) electrons. The highest BCUT2D eigenvalue weighted by molar-refractivity contribution is 5.65. The Kier molecular flexibility index (Phi) is 10.8. The van der Waals surface area contributed by atoms with Crippen molar-refractivity contribution in [1.29, 1.82) is 0 Å². The van der Waals surface area contributed by atoms with Gasteiger partial charge in [0, 0.05) is 29.1 Å². The zero-order chi connectivity index (χ0) is 42.2. The van der Waals surface area contributed by atoms with Crippen LogP contribution < -0.4 is 0 Å². The molecule has 4 saturated carbocycles. The minimum Gasteiger partial charge on any atom is -0.463 e. The maximum Gasteiger partial charge on any atom is 0.302 e. The van der Waals surface area contributed by atoms with Gasteiger partial charge in [-0.1, -0.05) is 53.7 Å². The van der Waals surface area contributed by atoms with Gasteiger partial charge in [-0.05, 0) is 86.4 Å². The summed E-state index contributed by atoms with van der Waals surface area (Å²) < 4.78 is 36.5. The summed E-state index contributed by atoms with van der Waals surface area (Å²) >= 11 is 0. The molecular formula is C44H70O14. The smallest absolute Gasteiger partial charge is 0.302 e. The summed E-state index contributed by atoms with van der Waals surface area (Å²) in [6.07, 6.45) is -3.78. The van der Waals surface area contributed by atoms with Crippen molar-refractivity contribution in [1.82, 2.24) is 0 Å². The SMILES string of the molecule is CC(=O)OC[C@H]1O[C@@H](O[C@H]2[C@@H](O)[C@@H](C)O[C@@H](O[C@H]3CC[C@@]4(C)[C@@H](CC[C@]5(C)[C@@H]4C=C[C@]46OC[C@@]7(CCC(C)(C)C[C@H]74)[C@@H](O)C[C@]65C)[C@]3(C)CO)[C@@H]2O)[C@H](O)[C@@H](O)[C@@H]1O. The zero-order valence-electron chi connectivity index (χ0n) is 35.6. The van der Waals surface area contributed by atoms with Crippen LogP contribution in [-0.4, -0.2) is 141 Å². The van der Waals surface area contributed by atoms with Gasteiger partial charge in [-0.15, -0.1) is 0 Å². The summed E-state index contributed by atoms with van der Waals surface area (Å²) in [5.41, 5.74) is -1.98. The first kappa shape index (κ1) is 43.4. The molecule has 2 bridgehead atoms. The summed E-state index contributed by atoms with van der Waals surface area (Å²) in [5.74, 6) is -0.223. The predicted molar refractivity (Wildman–Crippen MR) is 206 cm³/mol. The van der Waals surface area contributed by atoms with Crippen molar-refractivity contribution in [3.8, 4) is 0 Å². The third-order valence-electron chi connectivity index (χ3n) is 18.2. The molecule has 21 atom stereocenters. The van der Waals surface area contributed by atoms with Crippen LogP contribution in [0.25, 0.3) is 0 Å². The summed E-state index contributed by atoms with van der Waals surface area (Å²) in [5, 5.41) is 78.2. The normalized spacial score (nSPS) is 57.1. The number of hydrogen-bond donors (Lipinski definition) is 7. The van der Waals surface area contributed by atoms with E-state index in [1.807, 2.05) is 0 Å². The molecule has 3 heterocycles. The molecule has 1 spiro atoms. The number of esters is 1. The Balaban J connectivity index is 1.03. The minimum atomic E-state index is -1.76. The van der Waals surface area contributed by atoms with Crippen LogP contribution in [0.15, 0.2) is 12.2 Å². The van der Waals surface area contributed by atoms with Crippen LogP contribution >= 0.6 is 0 Å².